The van der Waals surface area contributed by atoms with E-state index in [1.807, 2.05) is 26.0 Å². The number of aliphatic hydroxyl groups excluding tert-OH is 1. The highest BCUT2D eigenvalue weighted by Gasteiger charge is 2.30. The average Bonchev–Trinajstić information content (AvgIpc) is 2.80. The van der Waals surface area contributed by atoms with Crippen LogP contribution in [0.1, 0.15) is 42.2 Å². The van der Waals surface area contributed by atoms with Crippen molar-refractivity contribution in [3.63, 3.8) is 0 Å². The van der Waals surface area contributed by atoms with Crippen molar-refractivity contribution < 1.29 is 23.0 Å². The fourth-order valence-corrected chi connectivity index (χ4v) is 4.43. The molecule has 0 radical (unpaired) electrons. The van der Waals surface area contributed by atoms with Gasteiger partial charge in [0.15, 0.2) is 0 Å². The molecule has 0 amide bonds. The summed E-state index contributed by atoms with van der Waals surface area (Å²) in [5.41, 5.74) is 3.59. The standard InChI is InChI=1S/C26H24ClF3N2O2/c1-14-4-10-19(15(2)31-14)24(33)17-7-11-22-20(13-17)23(27)21(25(32-22)34-3)12-16-5-8-18(9-6-16)26(28,29)30/h4-11,13,15,24,31,33H,12H2,1-3H3. The molecule has 8 heteroatoms. The Balaban J connectivity index is 1.72. The number of hydrogen-bond donors (Lipinski definition) is 2. The van der Waals surface area contributed by atoms with Crippen LogP contribution in [0.5, 0.6) is 5.88 Å². The molecule has 4 rings (SSSR count). The molecule has 1 aliphatic heterocycles. The largest absolute Gasteiger partial charge is 0.481 e. The molecule has 0 fully saturated rings. The molecular formula is C26H24ClF3N2O2. The van der Waals surface area contributed by atoms with Crippen LogP contribution in [0.15, 0.2) is 65.9 Å². The third-order valence-electron chi connectivity index (χ3n) is 5.96. The maximum Gasteiger partial charge on any atom is 0.416 e. The summed E-state index contributed by atoms with van der Waals surface area (Å²) in [7, 11) is 1.47. The van der Waals surface area contributed by atoms with Gasteiger partial charge in [-0.25, -0.2) is 4.98 Å². The summed E-state index contributed by atoms with van der Waals surface area (Å²) in [6, 6.07) is 10.3. The van der Waals surface area contributed by atoms with Crippen molar-refractivity contribution in [2.75, 3.05) is 7.11 Å². The van der Waals surface area contributed by atoms with Crippen molar-refractivity contribution in [2.24, 2.45) is 0 Å². The molecule has 2 unspecified atom stereocenters. The lowest BCUT2D eigenvalue weighted by atomic mass is 9.92. The summed E-state index contributed by atoms with van der Waals surface area (Å²) >= 11 is 6.77. The molecule has 0 saturated heterocycles. The van der Waals surface area contributed by atoms with E-state index in [2.05, 4.69) is 10.3 Å². The molecule has 2 heterocycles. The van der Waals surface area contributed by atoms with Gasteiger partial charge in [-0.2, -0.15) is 13.2 Å². The number of methoxy groups -OCH3 is 1. The minimum Gasteiger partial charge on any atom is -0.481 e. The molecule has 2 N–H and O–H groups in total. The summed E-state index contributed by atoms with van der Waals surface area (Å²) in [4.78, 5) is 4.54. The molecule has 34 heavy (non-hydrogen) atoms. The van der Waals surface area contributed by atoms with Crippen molar-refractivity contribution in [3.8, 4) is 5.88 Å². The smallest absolute Gasteiger partial charge is 0.416 e. The van der Waals surface area contributed by atoms with Crippen LogP contribution in [0, 0.1) is 0 Å². The Hall–Kier alpha value is -3.03. The molecule has 0 aliphatic carbocycles. The van der Waals surface area contributed by atoms with Gasteiger partial charge in [-0.3, -0.25) is 0 Å². The first kappa shape index (κ1) is 24.1. The van der Waals surface area contributed by atoms with Crippen LogP contribution in [0.25, 0.3) is 10.9 Å². The number of halogens is 4. The Bertz CT molecular complexity index is 1280. The molecule has 2 aromatic carbocycles. The molecule has 0 spiro atoms. The Morgan fingerprint density at radius 2 is 1.85 bits per heavy atom. The van der Waals surface area contributed by atoms with Gasteiger partial charge in [0.05, 0.1) is 23.2 Å². The molecule has 4 nitrogen and oxygen atoms in total. The number of nitrogens with one attached hydrogen (secondary N) is 1. The van der Waals surface area contributed by atoms with Gasteiger partial charge in [-0.15, -0.1) is 0 Å². The highest BCUT2D eigenvalue weighted by molar-refractivity contribution is 6.36. The van der Waals surface area contributed by atoms with Crippen molar-refractivity contribution >= 4 is 22.5 Å². The topological polar surface area (TPSA) is 54.4 Å². The minimum atomic E-state index is -4.40. The highest BCUT2D eigenvalue weighted by atomic mass is 35.5. The monoisotopic (exact) mass is 488 g/mol. The number of dihydropyridines is 1. The minimum absolute atomic E-state index is 0.0320. The van der Waals surface area contributed by atoms with E-state index in [4.69, 9.17) is 16.3 Å². The fraction of sp³-hybridized carbons (Fsp3) is 0.269. The number of rotatable bonds is 5. The van der Waals surface area contributed by atoms with Crippen LogP contribution in [0.3, 0.4) is 0 Å². The first-order chi connectivity index (χ1) is 16.1. The molecule has 3 aromatic rings. The molecule has 2 atom stereocenters. The zero-order valence-electron chi connectivity index (χ0n) is 18.9. The van der Waals surface area contributed by atoms with E-state index < -0.39 is 17.8 Å². The van der Waals surface area contributed by atoms with Crippen molar-refractivity contribution in [1.82, 2.24) is 10.3 Å². The maximum atomic E-state index is 12.9. The lowest BCUT2D eigenvalue weighted by molar-refractivity contribution is -0.137. The lowest BCUT2D eigenvalue weighted by Crippen LogP contribution is -2.31. The van der Waals surface area contributed by atoms with Gasteiger partial charge >= 0.3 is 6.18 Å². The molecule has 1 aliphatic rings. The SMILES string of the molecule is COc1nc2ccc(C(O)C3=CC=C(C)NC3C)cc2c(Cl)c1Cc1ccc(C(F)(F)F)cc1. The second kappa shape index (κ2) is 9.31. The zero-order valence-corrected chi connectivity index (χ0v) is 19.6. The summed E-state index contributed by atoms with van der Waals surface area (Å²) in [5.74, 6) is 0.305. The average molecular weight is 489 g/mol. The number of nitrogens with zero attached hydrogens (tertiary/aromatic N) is 1. The van der Waals surface area contributed by atoms with Crippen molar-refractivity contribution in [3.05, 3.63) is 93.2 Å². The second-order valence-electron chi connectivity index (χ2n) is 8.35. The quantitative estimate of drug-likeness (QED) is 0.438. The number of ether oxygens (including phenoxy) is 1. The predicted octanol–water partition coefficient (Wildman–Crippen LogP) is 6.36. The highest BCUT2D eigenvalue weighted by Crippen LogP contribution is 2.37. The number of hydrogen-bond acceptors (Lipinski definition) is 4. The summed E-state index contributed by atoms with van der Waals surface area (Å²) in [6.45, 7) is 3.94. The first-order valence-corrected chi connectivity index (χ1v) is 11.1. The van der Waals surface area contributed by atoms with Gasteiger partial charge in [0.1, 0.15) is 6.10 Å². The van der Waals surface area contributed by atoms with Gasteiger partial charge in [-0.05, 0) is 60.9 Å². The van der Waals surface area contributed by atoms with E-state index in [0.717, 1.165) is 23.4 Å². The first-order valence-electron chi connectivity index (χ1n) is 10.7. The van der Waals surface area contributed by atoms with Gasteiger partial charge in [0.2, 0.25) is 5.88 Å². The Morgan fingerprint density at radius 3 is 2.47 bits per heavy atom. The van der Waals surface area contributed by atoms with Crippen LogP contribution < -0.4 is 10.1 Å². The lowest BCUT2D eigenvalue weighted by Gasteiger charge is -2.26. The fourth-order valence-electron chi connectivity index (χ4n) is 4.13. The number of fused-ring (bicyclic) bond motifs is 1. The van der Waals surface area contributed by atoms with E-state index in [-0.39, 0.29) is 12.5 Å². The summed E-state index contributed by atoms with van der Waals surface area (Å²) < 4.78 is 44.1. The number of allylic oxidation sites excluding steroid dienone is 3. The molecule has 1 aromatic heterocycles. The summed E-state index contributed by atoms with van der Waals surface area (Å²) in [6.07, 6.45) is -1.17. The number of aliphatic hydroxyl groups is 1. The van der Waals surface area contributed by atoms with Gasteiger partial charge in [0, 0.05) is 29.1 Å². The maximum absolute atomic E-state index is 12.9. The van der Waals surface area contributed by atoms with E-state index >= 15 is 0 Å². The molecular weight excluding hydrogens is 465 g/mol. The van der Waals surface area contributed by atoms with Crippen molar-refractivity contribution in [1.29, 1.82) is 0 Å². The van der Waals surface area contributed by atoms with Crippen LogP contribution in [0.4, 0.5) is 13.2 Å². The van der Waals surface area contributed by atoms with Crippen LogP contribution in [-0.2, 0) is 12.6 Å². The van der Waals surface area contributed by atoms with Gasteiger partial charge < -0.3 is 15.2 Å². The van der Waals surface area contributed by atoms with Gasteiger partial charge in [-0.1, -0.05) is 35.9 Å². The Kier molecular flexibility index (Phi) is 6.60. The summed E-state index contributed by atoms with van der Waals surface area (Å²) in [5, 5.41) is 15.3. The van der Waals surface area contributed by atoms with E-state index in [9.17, 15) is 18.3 Å². The van der Waals surface area contributed by atoms with E-state index in [1.54, 1.807) is 18.2 Å². The normalized spacial score (nSPS) is 17.1. The van der Waals surface area contributed by atoms with Crippen LogP contribution in [-0.4, -0.2) is 23.2 Å². The molecule has 178 valence electrons. The van der Waals surface area contributed by atoms with Gasteiger partial charge in [0.25, 0.3) is 0 Å². The van der Waals surface area contributed by atoms with Crippen LogP contribution in [0.2, 0.25) is 5.02 Å². The second-order valence-corrected chi connectivity index (χ2v) is 8.72. The van der Waals surface area contributed by atoms with E-state index in [0.29, 0.717) is 38.5 Å². The third-order valence-corrected chi connectivity index (χ3v) is 6.39. The number of benzene rings is 2. The Labute approximate surface area is 200 Å². The van der Waals surface area contributed by atoms with E-state index in [1.165, 1.54) is 19.2 Å². The third kappa shape index (κ3) is 4.76. The van der Waals surface area contributed by atoms with Crippen LogP contribution >= 0.6 is 11.6 Å². The van der Waals surface area contributed by atoms with Crippen molar-refractivity contribution in [2.45, 2.75) is 38.6 Å². The number of alkyl halides is 3. The Morgan fingerprint density at radius 1 is 1.15 bits per heavy atom. The predicted molar refractivity (Wildman–Crippen MR) is 127 cm³/mol. The number of aromatic nitrogens is 1. The molecule has 0 saturated carbocycles. The zero-order chi connectivity index (χ0) is 24.6. The number of pyridine rings is 1. The molecule has 0 bridgehead atoms.